The van der Waals surface area contributed by atoms with Crippen LogP contribution in [-0.4, -0.2) is 30.5 Å². The van der Waals surface area contributed by atoms with E-state index in [-0.39, 0.29) is 6.04 Å². The molecule has 0 amide bonds. The predicted octanol–water partition coefficient (Wildman–Crippen LogP) is 3.15. The Bertz CT molecular complexity index is 1090. The number of aliphatic hydroxyl groups is 1. The lowest BCUT2D eigenvalue weighted by Crippen LogP contribution is -2.19. The third-order valence-electron chi connectivity index (χ3n) is 4.32. The minimum Gasteiger partial charge on any atom is -0.389 e. The van der Waals surface area contributed by atoms with Gasteiger partial charge in [0.25, 0.3) is 0 Å². The molecule has 1 unspecified atom stereocenters. The molecule has 134 valence electrons. The molecule has 0 radical (unpaired) electrons. The lowest BCUT2D eigenvalue weighted by Gasteiger charge is -2.15. The first-order valence-corrected chi connectivity index (χ1v) is 8.67. The number of hydrogen-bond donors (Lipinski definition) is 3. The summed E-state index contributed by atoms with van der Waals surface area (Å²) in [4.78, 5) is 9.23. The Morgan fingerprint density at radius 1 is 0.962 bits per heavy atom. The van der Waals surface area contributed by atoms with Crippen molar-refractivity contribution in [1.29, 1.82) is 0 Å². The molecule has 4 rings (SSSR count). The van der Waals surface area contributed by atoms with E-state index in [2.05, 4.69) is 24.1 Å². The topological polar surface area (TPSA) is 93.9 Å². The van der Waals surface area contributed by atoms with Crippen LogP contribution in [0.4, 0.5) is 11.9 Å². The number of para-hydroxylation sites is 3. The van der Waals surface area contributed by atoms with Crippen molar-refractivity contribution in [3.05, 3.63) is 48.0 Å². The molecule has 0 fully saturated rings. The van der Waals surface area contributed by atoms with E-state index in [1.165, 1.54) is 0 Å². The zero-order valence-corrected chi connectivity index (χ0v) is 15.0. The van der Waals surface area contributed by atoms with Gasteiger partial charge >= 0.3 is 0 Å². The van der Waals surface area contributed by atoms with Gasteiger partial charge in [-0.25, -0.2) is 19.3 Å². The molecule has 4 N–H and O–H groups in total. The lowest BCUT2D eigenvalue weighted by molar-refractivity contribution is 0.200. The van der Waals surface area contributed by atoms with Crippen molar-refractivity contribution in [2.45, 2.75) is 32.9 Å². The first-order valence-electron chi connectivity index (χ1n) is 8.67. The second-order valence-corrected chi connectivity index (χ2v) is 6.71. The van der Waals surface area contributed by atoms with E-state index >= 15 is 0 Å². The molecule has 0 aliphatic rings. The van der Waals surface area contributed by atoms with Crippen LogP contribution in [0.3, 0.4) is 0 Å². The normalized spacial score (nSPS) is 13.0. The molecular weight excluding hydrogens is 328 g/mol. The summed E-state index contributed by atoms with van der Waals surface area (Å²) >= 11 is 0. The molecule has 7 heteroatoms. The summed E-state index contributed by atoms with van der Waals surface area (Å²) in [5.74, 6) is 1.03. The van der Waals surface area contributed by atoms with Crippen molar-refractivity contribution in [3.63, 3.8) is 0 Å². The summed E-state index contributed by atoms with van der Waals surface area (Å²) in [6.07, 6.45) is -0.630. The van der Waals surface area contributed by atoms with E-state index in [0.717, 1.165) is 22.1 Å². The summed E-state index contributed by atoms with van der Waals surface area (Å²) in [5, 5.41) is 13.5. The number of benzene rings is 2. The summed E-state index contributed by atoms with van der Waals surface area (Å²) in [7, 11) is 0. The summed E-state index contributed by atoms with van der Waals surface area (Å²) in [5.41, 5.74) is 10.3. The highest BCUT2D eigenvalue weighted by Crippen LogP contribution is 2.29. The van der Waals surface area contributed by atoms with E-state index in [1.807, 2.05) is 51.8 Å². The van der Waals surface area contributed by atoms with Crippen molar-refractivity contribution in [3.8, 4) is 0 Å². The van der Waals surface area contributed by atoms with Crippen LogP contribution in [0.2, 0.25) is 0 Å². The molecule has 0 bridgehead atoms. The fourth-order valence-corrected chi connectivity index (χ4v) is 3.24. The highest BCUT2D eigenvalue weighted by atomic mass is 16.3. The molecule has 0 saturated heterocycles. The monoisotopic (exact) mass is 350 g/mol. The first kappa shape index (κ1) is 16.4. The number of anilines is 2. The van der Waals surface area contributed by atoms with E-state index < -0.39 is 6.10 Å². The van der Waals surface area contributed by atoms with Crippen molar-refractivity contribution in [1.82, 2.24) is 19.3 Å². The Morgan fingerprint density at radius 2 is 1.69 bits per heavy atom. The molecule has 0 aliphatic carbocycles. The number of nitrogen functional groups attached to an aromatic ring is 1. The van der Waals surface area contributed by atoms with Crippen LogP contribution in [0.5, 0.6) is 0 Å². The third-order valence-corrected chi connectivity index (χ3v) is 4.32. The van der Waals surface area contributed by atoms with Crippen molar-refractivity contribution in [2.75, 3.05) is 11.1 Å². The number of nitrogens with two attached hydrogens (primary N) is 1. The Labute approximate surface area is 151 Å². The molecule has 4 aromatic rings. The molecular formula is C19H22N6O. The first-order chi connectivity index (χ1) is 12.5. The third kappa shape index (κ3) is 2.48. The molecule has 0 saturated carbocycles. The molecule has 1 atom stereocenters. The number of nitrogens with one attached hydrogen (secondary N) is 1. The minimum atomic E-state index is -0.630. The number of hydrogen-bond acceptors (Lipinski definition) is 5. The minimum absolute atomic E-state index is 0.203. The number of nitrogens with zero attached hydrogens (tertiary/aromatic N) is 4. The Balaban J connectivity index is 2.07. The SMILES string of the molecule is CC(C)Nc1nc2ccccc2n1-n1c(N)nc2c(C(C)O)cccc21. The molecule has 26 heavy (non-hydrogen) atoms. The molecule has 7 nitrogen and oxygen atoms in total. The van der Waals surface area contributed by atoms with E-state index in [9.17, 15) is 5.11 Å². The van der Waals surface area contributed by atoms with Gasteiger partial charge in [-0.15, -0.1) is 0 Å². The quantitative estimate of drug-likeness (QED) is 0.526. The summed E-state index contributed by atoms with van der Waals surface area (Å²) in [6.45, 7) is 5.84. The molecule has 0 spiro atoms. The smallest absolute Gasteiger partial charge is 0.224 e. The Morgan fingerprint density at radius 3 is 2.42 bits per heavy atom. The van der Waals surface area contributed by atoms with Crippen LogP contribution in [0, 0.1) is 0 Å². The van der Waals surface area contributed by atoms with Crippen molar-refractivity contribution >= 4 is 34.0 Å². The Hall–Kier alpha value is -3.06. The van der Waals surface area contributed by atoms with Crippen LogP contribution in [0.1, 0.15) is 32.4 Å². The summed E-state index contributed by atoms with van der Waals surface area (Å²) < 4.78 is 3.77. The van der Waals surface area contributed by atoms with Gasteiger partial charge in [0.2, 0.25) is 11.9 Å². The van der Waals surface area contributed by atoms with Crippen LogP contribution in [0.15, 0.2) is 42.5 Å². The molecule has 2 aromatic carbocycles. The van der Waals surface area contributed by atoms with Gasteiger partial charge in [-0.3, -0.25) is 0 Å². The molecule has 2 heterocycles. The standard InChI is InChI=1S/C19H22N6O/c1-11(2)21-19-22-14-8-4-5-9-15(14)25(19)24-16-10-6-7-13(12(3)26)17(16)23-18(24)20/h4-12,26H,1-3H3,(H2,20,23)(H,21,22). The number of rotatable bonds is 4. The fraction of sp³-hybridized carbons (Fsp3) is 0.263. The van der Waals surface area contributed by atoms with E-state index in [4.69, 9.17) is 10.7 Å². The highest BCUT2D eigenvalue weighted by Gasteiger charge is 2.20. The van der Waals surface area contributed by atoms with Crippen molar-refractivity contribution in [2.24, 2.45) is 0 Å². The molecule has 0 aliphatic heterocycles. The van der Waals surface area contributed by atoms with Crippen LogP contribution in [-0.2, 0) is 0 Å². The maximum absolute atomic E-state index is 10.1. The highest BCUT2D eigenvalue weighted by molar-refractivity contribution is 5.85. The lowest BCUT2D eigenvalue weighted by atomic mass is 10.1. The second-order valence-electron chi connectivity index (χ2n) is 6.71. The van der Waals surface area contributed by atoms with Gasteiger partial charge in [-0.1, -0.05) is 24.3 Å². The maximum atomic E-state index is 10.1. The number of aliphatic hydroxyl groups excluding tert-OH is 1. The number of imidazole rings is 2. The second kappa shape index (κ2) is 6.03. The van der Waals surface area contributed by atoms with Gasteiger partial charge in [-0.2, -0.15) is 0 Å². The average Bonchev–Trinajstić information content (AvgIpc) is 3.09. The summed E-state index contributed by atoms with van der Waals surface area (Å²) in [6, 6.07) is 13.8. The average molecular weight is 350 g/mol. The van der Waals surface area contributed by atoms with Crippen LogP contribution < -0.4 is 11.1 Å². The van der Waals surface area contributed by atoms with Crippen LogP contribution in [0.25, 0.3) is 22.1 Å². The largest absolute Gasteiger partial charge is 0.389 e. The van der Waals surface area contributed by atoms with Gasteiger partial charge in [0.05, 0.1) is 28.2 Å². The van der Waals surface area contributed by atoms with Gasteiger partial charge < -0.3 is 16.2 Å². The zero-order valence-electron chi connectivity index (χ0n) is 15.0. The van der Waals surface area contributed by atoms with Gasteiger partial charge in [0, 0.05) is 11.6 Å². The van der Waals surface area contributed by atoms with E-state index in [0.29, 0.717) is 17.4 Å². The van der Waals surface area contributed by atoms with Gasteiger partial charge in [0.1, 0.15) is 0 Å². The maximum Gasteiger partial charge on any atom is 0.224 e. The van der Waals surface area contributed by atoms with Gasteiger partial charge in [0.15, 0.2) is 0 Å². The molecule has 2 aromatic heterocycles. The van der Waals surface area contributed by atoms with Crippen LogP contribution >= 0.6 is 0 Å². The fourth-order valence-electron chi connectivity index (χ4n) is 3.24. The van der Waals surface area contributed by atoms with E-state index in [1.54, 1.807) is 6.92 Å². The number of aromatic nitrogens is 4. The number of fused-ring (bicyclic) bond motifs is 2. The van der Waals surface area contributed by atoms with Crippen molar-refractivity contribution < 1.29 is 5.11 Å². The van der Waals surface area contributed by atoms with Gasteiger partial charge in [-0.05, 0) is 39.0 Å². The predicted molar refractivity (Wildman–Crippen MR) is 104 cm³/mol. The Kier molecular flexibility index (Phi) is 3.81. The zero-order chi connectivity index (χ0) is 18.4.